The maximum atomic E-state index is 13.4. The Morgan fingerprint density at radius 3 is 2.43 bits per heavy atom. The zero-order valence-corrected chi connectivity index (χ0v) is 13.4. The van der Waals surface area contributed by atoms with Crippen LogP contribution in [0.15, 0.2) is 24.3 Å². The van der Waals surface area contributed by atoms with Crippen molar-refractivity contribution in [2.75, 3.05) is 0 Å². The first-order valence-corrected chi connectivity index (χ1v) is 7.34. The summed E-state index contributed by atoms with van der Waals surface area (Å²) >= 11 is 0. The summed E-state index contributed by atoms with van der Waals surface area (Å²) in [5.41, 5.74) is 0.401. The zero-order chi connectivity index (χ0) is 17.4. The van der Waals surface area contributed by atoms with Crippen molar-refractivity contribution in [3.05, 3.63) is 35.6 Å². The van der Waals surface area contributed by atoms with Crippen molar-refractivity contribution in [2.45, 2.75) is 45.8 Å². The fraction of sp³-hybridized carbons (Fsp3) is 0.438. The van der Waals surface area contributed by atoms with Crippen molar-refractivity contribution >= 4 is 17.9 Å². The number of rotatable bonds is 6. The average molecular weight is 324 g/mol. The monoisotopic (exact) mass is 324 g/mol. The van der Waals surface area contributed by atoms with E-state index < -0.39 is 29.8 Å². The van der Waals surface area contributed by atoms with Gasteiger partial charge in [-0.1, -0.05) is 18.2 Å². The molecule has 1 aromatic carbocycles. The number of nitrogens with one attached hydrogen (secondary N) is 2. The SMILES string of the molecule is CC(C)NC(=O)NC(=O)[C@@H](C)OC(=O)CCc1ccccc1F. The number of halogens is 1. The number of esters is 1. The van der Waals surface area contributed by atoms with E-state index in [0.29, 0.717) is 5.56 Å². The van der Waals surface area contributed by atoms with Crippen molar-refractivity contribution in [1.82, 2.24) is 10.6 Å². The number of ether oxygens (including phenoxy) is 1. The third-order valence-electron chi connectivity index (χ3n) is 2.89. The second-order valence-corrected chi connectivity index (χ2v) is 5.34. The molecule has 126 valence electrons. The highest BCUT2D eigenvalue weighted by atomic mass is 19.1. The minimum absolute atomic E-state index is 0.0588. The molecule has 0 saturated heterocycles. The molecule has 7 heteroatoms. The summed E-state index contributed by atoms with van der Waals surface area (Å²) < 4.78 is 18.3. The van der Waals surface area contributed by atoms with Gasteiger partial charge >= 0.3 is 12.0 Å². The fourth-order valence-corrected chi connectivity index (χ4v) is 1.76. The van der Waals surface area contributed by atoms with Crippen LogP contribution in [0.25, 0.3) is 0 Å². The number of carbonyl (C=O) groups is 3. The Kier molecular flexibility index (Phi) is 7.18. The lowest BCUT2D eigenvalue weighted by Crippen LogP contribution is -2.46. The Morgan fingerprint density at radius 2 is 1.83 bits per heavy atom. The van der Waals surface area contributed by atoms with Gasteiger partial charge in [-0.05, 0) is 38.8 Å². The van der Waals surface area contributed by atoms with Gasteiger partial charge in [-0.3, -0.25) is 14.9 Å². The van der Waals surface area contributed by atoms with Crippen LogP contribution >= 0.6 is 0 Å². The molecule has 1 aromatic rings. The summed E-state index contributed by atoms with van der Waals surface area (Å²) in [4.78, 5) is 34.7. The first kappa shape index (κ1) is 18.6. The van der Waals surface area contributed by atoms with E-state index >= 15 is 0 Å². The van der Waals surface area contributed by atoms with Crippen LogP contribution in [0.1, 0.15) is 32.8 Å². The van der Waals surface area contributed by atoms with Gasteiger partial charge in [0, 0.05) is 12.5 Å². The van der Waals surface area contributed by atoms with Crippen LogP contribution in [0, 0.1) is 5.82 Å². The minimum atomic E-state index is -1.11. The lowest BCUT2D eigenvalue weighted by Gasteiger charge is -2.14. The Bertz CT molecular complexity index is 575. The lowest BCUT2D eigenvalue weighted by molar-refractivity contribution is -0.154. The number of amides is 3. The molecule has 6 nitrogen and oxygen atoms in total. The van der Waals surface area contributed by atoms with Crippen molar-refractivity contribution in [1.29, 1.82) is 0 Å². The molecule has 0 radical (unpaired) electrons. The van der Waals surface area contributed by atoms with Crippen LogP contribution in [0.3, 0.4) is 0 Å². The summed E-state index contributed by atoms with van der Waals surface area (Å²) in [5.74, 6) is -1.75. The van der Waals surface area contributed by atoms with E-state index in [1.807, 2.05) is 0 Å². The van der Waals surface area contributed by atoms with Gasteiger partial charge in [-0.2, -0.15) is 0 Å². The average Bonchev–Trinajstić information content (AvgIpc) is 2.45. The van der Waals surface area contributed by atoms with Crippen LogP contribution in [-0.2, 0) is 20.7 Å². The third-order valence-corrected chi connectivity index (χ3v) is 2.89. The maximum Gasteiger partial charge on any atom is 0.321 e. The van der Waals surface area contributed by atoms with E-state index in [-0.39, 0.29) is 18.9 Å². The van der Waals surface area contributed by atoms with Gasteiger partial charge in [-0.15, -0.1) is 0 Å². The number of hydrogen-bond donors (Lipinski definition) is 2. The summed E-state index contributed by atoms with van der Waals surface area (Å²) in [6.07, 6.45) is -0.995. The molecule has 1 rings (SSSR count). The lowest BCUT2D eigenvalue weighted by atomic mass is 10.1. The highest BCUT2D eigenvalue weighted by molar-refractivity contribution is 5.97. The van der Waals surface area contributed by atoms with Gasteiger partial charge in [-0.25, -0.2) is 9.18 Å². The predicted molar refractivity (Wildman–Crippen MR) is 82.1 cm³/mol. The molecule has 0 heterocycles. The fourth-order valence-electron chi connectivity index (χ4n) is 1.76. The molecular weight excluding hydrogens is 303 g/mol. The molecule has 0 unspecified atom stereocenters. The van der Waals surface area contributed by atoms with Gasteiger partial charge in [0.2, 0.25) is 0 Å². The summed E-state index contributed by atoms with van der Waals surface area (Å²) in [6.45, 7) is 4.85. The second kappa shape index (κ2) is 8.87. The molecule has 0 aliphatic heterocycles. The molecule has 0 saturated carbocycles. The molecular formula is C16H21FN2O4. The third kappa shape index (κ3) is 6.90. The molecule has 2 N–H and O–H groups in total. The number of aryl methyl sites for hydroxylation is 1. The van der Waals surface area contributed by atoms with E-state index in [2.05, 4.69) is 10.6 Å². The molecule has 0 aromatic heterocycles. The molecule has 0 aliphatic rings. The van der Waals surface area contributed by atoms with E-state index in [4.69, 9.17) is 4.74 Å². The van der Waals surface area contributed by atoms with Gasteiger partial charge in [0.1, 0.15) is 5.82 Å². The molecule has 1 atom stereocenters. The van der Waals surface area contributed by atoms with Crippen molar-refractivity contribution < 1.29 is 23.5 Å². The summed E-state index contributed by atoms with van der Waals surface area (Å²) in [5, 5.41) is 4.55. The standard InChI is InChI=1S/C16H21FN2O4/c1-10(2)18-16(22)19-15(21)11(3)23-14(20)9-8-12-6-4-5-7-13(12)17/h4-7,10-11H,8-9H2,1-3H3,(H2,18,19,21,22)/t11-/m1/s1. The topological polar surface area (TPSA) is 84.5 Å². The smallest absolute Gasteiger partial charge is 0.321 e. The first-order chi connectivity index (χ1) is 10.8. The van der Waals surface area contributed by atoms with Crippen molar-refractivity contribution in [2.24, 2.45) is 0 Å². The van der Waals surface area contributed by atoms with Gasteiger partial charge < -0.3 is 10.1 Å². The van der Waals surface area contributed by atoms with E-state index in [0.717, 1.165) is 0 Å². The molecule has 3 amide bonds. The zero-order valence-electron chi connectivity index (χ0n) is 13.4. The number of imide groups is 1. The Balaban J connectivity index is 2.39. The Hall–Kier alpha value is -2.44. The molecule has 0 bridgehead atoms. The van der Waals surface area contributed by atoms with Crippen molar-refractivity contribution in [3.8, 4) is 0 Å². The Morgan fingerprint density at radius 1 is 1.17 bits per heavy atom. The molecule has 0 aliphatic carbocycles. The normalized spacial score (nSPS) is 11.7. The van der Waals surface area contributed by atoms with Crippen LogP contribution in [-0.4, -0.2) is 30.1 Å². The second-order valence-electron chi connectivity index (χ2n) is 5.34. The highest BCUT2D eigenvalue weighted by Crippen LogP contribution is 2.09. The van der Waals surface area contributed by atoms with Crippen LogP contribution < -0.4 is 10.6 Å². The quantitative estimate of drug-likeness (QED) is 0.783. The summed E-state index contributed by atoms with van der Waals surface area (Å²) in [7, 11) is 0. The number of carbonyl (C=O) groups excluding carboxylic acids is 3. The van der Waals surface area contributed by atoms with E-state index in [1.54, 1.807) is 32.0 Å². The number of hydrogen-bond acceptors (Lipinski definition) is 4. The molecule has 0 spiro atoms. The highest BCUT2D eigenvalue weighted by Gasteiger charge is 2.20. The van der Waals surface area contributed by atoms with E-state index in [1.165, 1.54) is 13.0 Å². The van der Waals surface area contributed by atoms with Crippen molar-refractivity contribution in [3.63, 3.8) is 0 Å². The maximum absolute atomic E-state index is 13.4. The van der Waals surface area contributed by atoms with Gasteiger partial charge in [0.25, 0.3) is 5.91 Å². The van der Waals surface area contributed by atoms with E-state index in [9.17, 15) is 18.8 Å². The number of urea groups is 1. The van der Waals surface area contributed by atoms with Crippen LogP contribution in [0.4, 0.5) is 9.18 Å². The van der Waals surface area contributed by atoms with Gasteiger partial charge in [0.15, 0.2) is 6.10 Å². The van der Waals surface area contributed by atoms with Crippen LogP contribution in [0.5, 0.6) is 0 Å². The largest absolute Gasteiger partial charge is 0.453 e. The van der Waals surface area contributed by atoms with Crippen LogP contribution in [0.2, 0.25) is 0 Å². The minimum Gasteiger partial charge on any atom is -0.453 e. The number of benzene rings is 1. The summed E-state index contributed by atoms with van der Waals surface area (Å²) in [6, 6.07) is 5.35. The predicted octanol–water partition coefficient (Wildman–Crippen LogP) is 1.92. The van der Waals surface area contributed by atoms with Gasteiger partial charge in [0.05, 0.1) is 0 Å². The first-order valence-electron chi connectivity index (χ1n) is 7.34. The molecule has 0 fully saturated rings. The molecule has 23 heavy (non-hydrogen) atoms. The Labute approximate surface area is 134 Å².